The zero-order valence-corrected chi connectivity index (χ0v) is 17.3. The van der Waals surface area contributed by atoms with Crippen LogP contribution in [0.4, 0.5) is 4.39 Å². The Morgan fingerprint density at radius 2 is 1.46 bits per heavy atom. The van der Waals surface area contributed by atoms with Gasteiger partial charge in [-0.15, -0.1) is 0 Å². The Morgan fingerprint density at radius 1 is 0.857 bits per heavy atom. The Labute approximate surface area is 170 Å². The Bertz CT molecular complexity index is 592. The van der Waals surface area contributed by atoms with Crippen LogP contribution < -0.4 is 4.74 Å². The van der Waals surface area contributed by atoms with Gasteiger partial charge in [0.15, 0.2) is 0 Å². The number of benzene rings is 1. The van der Waals surface area contributed by atoms with Crippen molar-refractivity contribution < 1.29 is 9.13 Å². The van der Waals surface area contributed by atoms with Crippen LogP contribution in [0.1, 0.15) is 88.5 Å². The van der Waals surface area contributed by atoms with Gasteiger partial charge in [0, 0.05) is 6.42 Å². The van der Waals surface area contributed by atoms with Gasteiger partial charge in [-0.05, 0) is 99.2 Å². The molecule has 0 amide bonds. The molecule has 0 unspecified atom stereocenters. The van der Waals surface area contributed by atoms with Crippen molar-refractivity contribution in [1.82, 2.24) is 0 Å². The van der Waals surface area contributed by atoms with Crippen LogP contribution in [0, 0.1) is 29.1 Å². The molecule has 3 heteroatoms. The number of rotatable bonds is 9. The third kappa shape index (κ3) is 6.50. The maximum Gasteiger partial charge on any atom is 0.119 e. The van der Waals surface area contributed by atoms with Crippen molar-refractivity contribution in [1.29, 1.82) is 5.26 Å². The maximum absolute atomic E-state index is 12.3. The van der Waals surface area contributed by atoms with Gasteiger partial charge in [-0.2, -0.15) is 5.26 Å². The van der Waals surface area contributed by atoms with E-state index in [0.717, 1.165) is 43.5 Å². The summed E-state index contributed by atoms with van der Waals surface area (Å²) in [4.78, 5) is 0. The lowest BCUT2D eigenvalue weighted by molar-refractivity contribution is 0.176. The quantitative estimate of drug-likeness (QED) is 0.450. The van der Waals surface area contributed by atoms with E-state index in [-0.39, 0.29) is 6.67 Å². The van der Waals surface area contributed by atoms with Crippen molar-refractivity contribution >= 4 is 0 Å². The third-order valence-corrected chi connectivity index (χ3v) is 7.06. The highest BCUT2D eigenvalue weighted by atomic mass is 19.1. The first-order valence-corrected chi connectivity index (χ1v) is 11.4. The molecule has 0 saturated heterocycles. The zero-order valence-electron chi connectivity index (χ0n) is 17.3. The SMILES string of the molecule is N#CCC[C@H]1CC[C@H](c2ccc(OC[C@H]3CC[C@H](CCCF)CC3)cc2)CC1. The minimum atomic E-state index is -0.165. The highest BCUT2D eigenvalue weighted by molar-refractivity contribution is 5.29. The fourth-order valence-corrected chi connectivity index (χ4v) is 5.16. The average molecular weight is 386 g/mol. The standard InChI is InChI=1S/C25H36FNO/c26-17-1-3-20-5-7-22(8-6-20)19-28-25-15-13-24(14-16-25)23-11-9-21(10-12-23)4-2-18-27/h13-16,20-23H,1-12,17,19H2/t20-,21-,22-,23-. The second-order valence-electron chi connectivity index (χ2n) is 9.01. The summed E-state index contributed by atoms with van der Waals surface area (Å²) in [7, 11) is 0. The van der Waals surface area contributed by atoms with Gasteiger partial charge in [0.05, 0.1) is 19.4 Å². The lowest BCUT2D eigenvalue weighted by Gasteiger charge is -2.29. The first kappa shape index (κ1) is 21.2. The van der Waals surface area contributed by atoms with Gasteiger partial charge in [-0.25, -0.2) is 0 Å². The molecular formula is C25H36FNO. The van der Waals surface area contributed by atoms with Crippen molar-refractivity contribution in [3.8, 4) is 11.8 Å². The Kier molecular flexibility index (Phi) is 8.65. The minimum Gasteiger partial charge on any atom is -0.493 e. The second kappa shape index (κ2) is 11.4. The molecule has 154 valence electrons. The number of nitrogens with zero attached hydrogens (tertiary/aromatic N) is 1. The number of hydrogen-bond acceptors (Lipinski definition) is 2. The first-order valence-electron chi connectivity index (χ1n) is 11.4. The number of nitriles is 1. The molecule has 2 aliphatic carbocycles. The predicted octanol–water partition coefficient (Wildman–Crippen LogP) is 7.20. The van der Waals surface area contributed by atoms with Crippen LogP contribution in [-0.2, 0) is 0 Å². The van der Waals surface area contributed by atoms with E-state index in [2.05, 4.69) is 30.3 Å². The highest BCUT2D eigenvalue weighted by Gasteiger charge is 2.23. The maximum atomic E-state index is 12.3. The summed E-state index contributed by atoms with van der Waals surface area (Å²) in [5.74, 6) is 3.81. The monoisotopic (exact) mass is 385 g/mol. The average Bonchev–Trinajstić information content (AvgIpc) is 2.76. The van der Waals surface area contributed by atoms with Gasteiger partial charge in [0.1, 0.15) is 5.75 Å². The molecule has 3 rings (SSSR count). The molecule has 0 atom stereocenters. The summed E-state index contributed by atoms with van der Waals surface area (Å²) in [6, 6.07) is 11.1. The van der Waals surface area contributed by atoms with Crippen molar-refractivity contribution in [2.24, 2.45) is 17.8 Å². The van der Waals surface area contributed by atoms with Crippen molar-refractivity contribution in [3.05, 3.63) is 29.8 Å². The summed E-state index contributed by atoms with van der Waals surface area (Å²) >= 11 is 0. The predicted molar refractivity (Wildman–Crippen MR) is 112 cm³/mol. The van der Waals surface area contributed by atoms with Crippen molar-refractivity contribution in [2.75, 3.05) is 13.3 Å². The second-order valence-corrected chi connectivity index (χ2v) is 9.01. The molecule has 2 nitrogen and oxygen atoms in total. The number of halogens is 1. The fourth-order valence-electron chi connectivity index (χ4n) is 5.16. The lowest BCUT2D eigenvalue weighted by atomic mass is 9.77. The molecule has 0 aromatic heterocycles. The van der Waals surface area contributed by atoms with Gasteiger partial charge in [-0.3, -0.25) is 4.39 Å². The van der Waals surface area contributed by atoms with Gasteiger partial charge in [0.25, 0.3) is 0 Å². The van der Waals surface area contributed by atoms with E-state index in [9.17, 15) is 4.39 Å². The number of ether oxygens (including phenoxy) is 1. The molecule has 2 aliphatic rings. The molecule has 0 N–H and O–H groups in total. The molecule has 2 fully saturated rings. The van der Waals surface area contributed by atoms with Crippen LogP contribution in [0.15, 0.2) is 24.3 Å². The van der Waals surface area contributed by atoms with Crippen LogP contribution in [-0.4, -0.2) is 13.3 Å². The lowest BCUT2D eigenvalue weighted by Crippen LogP contribution is -2.20. The van der Waals surface area contributed by atoms with E-state index in [1.165, 1.54) is 56.9 Å². The first-order chi connectivity index (χ1) is 13.8. The summed E-state index contributed by atoms with van der Waals surface area (Å²) in [5.41, 5.74) is 1.44. The van der Waals surface area contributed by atoms with Crippen LogP contribution in [0.2, 0.25) is 0 Å². The van der Waals surface area contributed by atoms with Gasteiger partial charge >= 0.3 is 0 Å². The van der Waals surface area contributed by atoms with E-state index in [1.54, 1.807) is 0 Å². The summed E-state index contributed by atoms with van der Waals surface area (Å²) in [6.45, 7) is 0.654. The van der Waals surface area contributed by atoms with Gasteiger partial charge in [-0.1, -0.05) is 25.0 Å². The topological polar surface area (TPSA) is 33.0 Å². The molecule has 0 aliphatic heterocycles. The molecule has 28 heavy (non-hydrogen) atoms. The summed E-state index contributed by atoms with van der Waals surface area (Å²) in [5, 5.41) is 8.75. The van der Waals surface area contributed by atoms with E-state index < -0.39 is 0 Å². The molecule has 0 bridgehead atoms. The Hall–Kier alpha value is -1.56. The van der Waals surface area contributed by atoms with Crippen molar-refractivity contribution in [2.45, 2.75) is 83.0 Å². The Balaban J connectivity index is 1.37. The largest absolute Gasteiger partial charge is 0.493 e. The van der Waals surface area contributed by atoms with Crippen LogP contribution in [0.3, 0.4) is 0 Å². The number of hydrogen-bond donors (Lipinski definition) is 0. The summed E-state index contributed by atoms with van der Waals surface area (Å²) in [6.07, 6.45) is 13.5. The van der Waals surface area contributed by atoms with Crippen molar-refractivity contribution in [3.63, 3.8) is 0 Å². The van der Waals surface area contributed by atoms with Crippen LogP contribution >= 0.6 is 0 Å². The molecule has 0 radical (unpaired) electrons. The molecule has 2 saturated carbocycles. The Morgan fingerprint density at radius 3 is 2.11 bits per heavy atom. The van der Waals surface area contributed by atoms with E-state index >= 15 is 0 Å². The molecule has 0 spiro atoms. The van der Waals surface area contributed by atoms with E-state index in [1.807, 2.05) is 0 Å². The molecule has 1 aromatic carbocycles. The molecular weight excluding hydrogens is 349 g/mol. The van der Waals surface area contributed by atoms with E-state index in [4.69, 9.17) is 10.00 Å². The normalized spacial score (nSPS) is 27.9. The highest BCUT2D eigenvalue weighted by Crippen LogP contribution is 2.38. The van der Waals surface area contributed by atoms with Crippen LogP contribution in [0.5, 0.6) is 5.75 Å². The van der Waals surface area contributed by atoms with Crippen LogP contribution in [0.25, 0.3) is 0 Å². The van der Waals surface area contributed by atoms with Gasteiger partial charge in [0.2, 0.25) is 0 Å². The molecule has 1 aromatic rings. The number of alkyl halides is 1. The smallest absolute Gasteiger partial charge is 0.119 e. The molecule has 0 heterocycles. The fraction of sp³-hybridized carbons (Fsp3) is 0.720. The zero-order chi connectivity index (χ0) is 19.6. The minimum absolute atomic E-state index is 0.165. The van der Waals surface area contributed by atoms with E-state index in [0.29, 0.717) is 18.3 Å². The third-order valence-electron chi connectivity index (χ3n) is 7.06. The summed E-state index contributed by atoms with van der Waals surface area (Å²) < 4.78 is 18.4. The van der Waals surface area contributed by atoms with Gasteiger partial charge < -0.3 is 4.74 Å².